The summed E-state index contributed by atoms with van der Waals surface area (Å²) in [4.78, 5) is 25.5. The minimum Gasteiger partial charge on any atom is -0.378 e. The van der Waals surface area contributed by atoms with E-state index in [0.717, 1.165) is 10.9 Å². The molecule has 1 aromatic carbocycles. The molecule has 5 heteroatoms. The van der Waals surface area contributed by atoms with Crippen molar-refractivity contribution < 1.29 is 4.52 Å². The van der Waals surface area contributed by atoms with E-state index < -0.39 is 11.0 Å². The van der Waals surface area contributed by atoms with E-state index in [1.165, 1.54) is 0 Å². The lowest BCUT2D eigenvalue weighted by molar-refractivity contribution is 0.432. The number of rotatable bonds is 0. The van der Waals surface area contributed by atoms with Gasteiger partial charge in [0.1, 0.15) is 0 Å². The van der Waals surface area contributed by atoms with E-state index in [9.17, 15) is 9.59 Å². The zero-order valence-corrected chi connectivity index (χ0v) is 7.53. The molecule has 2 N–H and O–H groups in total. The van der Waals surface area contributed by atoms with Crippen LogP contribution in [0.5, 0.6) is 0 Å². The number of hydrogen-bond acceptors (Lipinski definition) is 3. The molecule has 3 rings (SSSR count). The van der Waals surface area contributed by atoms with E-state index in [-0.39, 0.29) is 0 Å². The predicted molar refractivity (Wildman–Crippen MR) is 55.0 cm³/mol. The van der Waals surface area contributed by atoms with Crippen molar-refractivity contribution in [2.75, 3.05) is 0 Å². The maximum atomic E-state index is 11.5. The van der Waals surface area contributed by atoms with Gasteiger partial charge in [0.2, 0.25) is 0 Å². The van der Waals surface area contributed by atoms with Crippen molar-refractivity contribution in [1.29, 1.82) is 0 Å². The molecule has 0 spiro atoms. The second kappa shape index (κ2) is 2.60. The molecule has 0 saturated carbocycles. The van der Waals surface area contributed by atoms with Crippen molar-refractivity contribution in [2.24, 2.45) is 0 Å². The molecular weight excluding hydrogens is 196 g/mol. The van der Waals surface area contributed by atoms with Gasteiger partial charge in [-0.15, -0.1) is 0 Å². The summed E-state index contributed by atoms with van der Waals surface area (Å²) in [6.45, 7) is 0. The number of hydrogen-bond donors (Lipinski definition) is 2. The van der Waals surface area contributed by atoms with Gasteiger partial charge in [0.25, 0.3) is 5.43 Å². The minimum absolute atomic E-state index is 0.297. The summed E-state index contributed by atoms with van der Waals surface area (Å²) in [6, 6.07) is 5.11. The zero-order chi connectivity index (χ0) is 10.4. The van der Waals surface area contributed by atoms with Crippen LogP contribution in [0.25, 0.3) is 21.9 Å². The van der Waals surface area contributed by atoms with Gasteiger partial charge in [-0.1, -0.05) is 0 Å². The van der Waals surface area contributed by atoms with E-state index >= 15 is 0 Å². The fourth-order valence-electron chi connectivity index (χ4n) is 1.66. The molecule has 0 aliphatic rings. The number of aromatic amines is 2. The largest absolute Gasteiger partial charge is 0.378 e. The van der Waals surface area contributed by atoms with E-state index in [1.807, 2.05) is 0 Å². The average molecular weight is 202 g/mol. The van der Waals surface area contributed by atoms with Gasteiger partial charge in [-0.3, -0.25) is 9.59 Å². The van der Waals surface area contributed by atoms with Crippen molar-refractivity contribution in [3.8, 4) is 0 Å². The smallest absolute Gasteiger partial charge is 0.325 e. The normalized spacial score (nSPS) is 11.2. The van der Waals surface area contributed by atoms with E-state index in [1.54, 1.807) is 24.4 Å². The number of benzene rings is 1. The van der Waals surface area contributed by atoms with Gasteiger partial charge in [-0.2, -0.15) is 5.16 Å². The summed E-state index contributed by atoms with van der Waals surface area (Å²) >= 11 is 0. The topological polar surface area (TPSA) is 78.9 Å². The summed E-state index contributed by atoms with van der Waals surface area (Å²) in [7, 11) is 0. The number of H-pyrrole nitrogens is 2. The van der Waals surface area contributed by atoms with Gasteiger partial charge in [0, 0.05) is 17.1 Å². The highest BCUT2D eigenvalue weighted by Crippen LogP contribution is 2.20. The first-order chi connectivity index (χ1) is 7.27. The van der Waals surface area contributed by atoms with Gasteiger partial charge in [-0.25, -0.2) is 0 Å². The molecule has 0 radical (unpaired) electrons. The fourth-order valence-corrected chi connectivity index (χ4v) is 1.66. The van der Waals surface area contributed by atoms with Crippen molar-refractivity contribution in [3.05, 3.63) is 45.0 Å². The van der Waals surface area contributed by atoms with Crippen LogP contribution >= 0.6 is 0 Å². The molecule has 3 aromatic rings. The molecule has 0 aliphatic heterocycles. The van der Waals surface area contributed by atoms with Gasteiger partial charge in [0.15, 0.2) is 5.58 Å². The molecule has 0 unspecified atom stereocenters. The molecule has 0 aliphatic carbocycles. The van der Waals surface area contributed by atoms with Gasteiger partial charge >= 0.3 is 5.56 Å². The molecule has 5 nitrogen and oxygen atoms in total. The summed E-state index contributed by atoms with van der Waals surface area (Å²) in [5.41, 5.74) is -0.0483. The Morgan fingerprint density at radius 1 is 1.07 bits per heavy atom. The Morgan fingerprint density at radius 2 is 1.93 bits per heavy atom. The monoisotopic (exact) mass is 202 g/mol. The predicted octanol–water partition coefficient (Wildman–Crippen LogP) is 0.963. The Balaban J connectivity index is 2.72. The first kappa shape index (κ1) is 8.05. The second-order valence-electron chi connectivity index (χ2n) is 3.24. The summed E-state index contributed by atoms with van der Waals surface area (Å²) in [6.07, 6.45) is 1.75. The molecule has 0 fully saturated rings. The molecule has 0 saturated heterocycles. The lowest BCUT2D eigenvalue weighted by Crippen LogP contribution is -2.25. The SMILES string of the molecule is O=c1[nH]oc2c(ccc3[nH]ccc32)c1=O. The lowest BCUT2D eigenvalue weighted by atomic mass is 10.2. The standard InChI is InChI=1S/C10H6N2O3/c13-8-6-1-2-7-5(3-4-11-7)9(6)15-12-10(8)14/h1-4,11H,(H,12,14). The van der Waals surface area contributed by atoms with E-state index in [0.29, 0.717) is 11.0 Å². The van der Waals surface area contributed by atoms with Crippen LogP contribution in [0.4, 0.5) is 0 Å². The Kier molecular flexibility index (Phi) is 1.39. The number of nitrogens with one attached hydrogen (secondary N) is 2. The molecular formula is C10H6N2O3. The maximum absolute atomic E-state index is 11.5. The number of fused-ring (bicyclic) bond motifs is 3. The van der Waals surface area contributed by atoms with E-state index in [4.69, 9.17) is 4.52 Å². The highest BCUT2D eigenvalue weighted by atomic mass is 16.5. The lowest BCUT2D eigenvalue weighted by Gasteiger charge is -1.95. The van der Waals surface area contributed by atoms with Crippen molar-refractivity contribution in [2.45, 2.75) is 0 Å². The second-order valence-corrected chi connectivity index (χ2v) is 3.24. The van der Waals surface area contributed by atoms with Crippen LogP contribution in [0.15, 0.2) is 38.5 Å². The third kappa shape index (κ3) is 0.969. The van der Waals surface area contributed by atoms with Gasteiger partial charge in [-0.05, 0) is 18.2 Å². The first-order valence-corrected chi connectivity index (χ1v) is 4.39. The Morgan fingerprint density at radius 3 is 2.80 bits per heavy atom. The minimum atomic E-state index is -0.739. The average Bonchev–Trinajstić information content (AvgIpc) is 2.71. The van der Waals surface area contributed by atoms with Crippen LogP contribution in [0, 0.1) is 0 Å². The highest BCUT2D eigenvalue weighted by Gasteiger charge is 2.08. The molecule has 0 amide bonds. The Bertz CT molecular complexity index is 763. The van der Waals surface area contributed by atoms with Crippen molar-refractivity contribution in [1.82, 2.24) is 10.1 Å². The summed E-state index contributed by atoms with van der Waals surface area (Å²) in [5, 5.41) is 3.14. The summed E-state index contributed by atoms with van der Waals surface area (Å²) in [5.74, 6) is 0. The van der Waals surface area contributed by atoms with Crippen LogP contribution in [0.1, 0.15) is 0 Å². The Labute approximate surface area is 82.3 Å². The van der Waals surface area contributed by atoms with Crippen molar-refractivity contribution in [3.63, 3.8) is 0 Å². The number of aromatic nitrogens is 2. The van der Waals surface area contributed by atoms with Crippen LogP contribution in [0.2, 0.25) is 0 Å². The zero-order valence-electron chi connectivity index (χ0n) is 7.53. The fraction of sp³-hybridized carbons (Fsp3) is 0. The van der Waals surface area contributed by atoms with Gasteiger partial charge in [0.05, 0.1) is 5.39 Å². The molecule has 74 valence electrons. The maximum Gasteiger partial charge on any atom is 0.325 e. The molecule has 2 aromatic heterocycles. The third-order valence-electron chi connectivity index (χ3n) is 2.38. The van der Waals surface area contributed by atoms with Crippen LogP contribution in [-0.4, -0.2) is 10.1 Å². The molecule has 0 atom stereocenters. The molecule has 15 heavy (non-hydrogen) atoms. The van der Waals surface area contributed by atoms with Crippen LogP contribution in [0.3, 0.4) is 0 Å². The van der Waals surface area contributed by atoms with Gasteiger partial charge < -0.3 is 9.51 Å². The van der Waals surface area contributed by atoms with Crippen LogP contribution < -0.4 is 11.0 Å². The summed E-state index contributed by atoms with van der Waals surface area (Å²) < 4.78 is 5.04. The third-order valence-corrected chi connectivity index (χ3v) is 2.38. The van der Waals surface area contributed by atoms with Crippen molar-refractivity contribution >= 4 is 21.9 Å². The highest BCUT2D eigenvalue weighted by molar-refractivity contribution is 6.02. The molecule has 0 bridgehead atoms. The Hall–Kier alpha value is -2.30. The quantitative estimate of drug-likeness (QED) is 0.533. The first-order valence-electron chi connectivity index (χ1n) is 4.39. The van der Waals surface area contributed by atoms with E-state index in [2.05, 4.69) is 10.1 Å². The van der Waals surface area contributed by atoms with Crippen LogP contribution in [-0.2, 0) is 0 Å². The molecule has 2 heterocycles.